The molecule has 6 heteroatoms. The summed E-state index contributed by atoms with van der Waals surface area (Å²) >= 11 is 0. The number of sulfone groups is 1. The van der Waals surface area contributed by atoms with Crippen molar-refractivity contribution in [1.29, 1.82) is 0 Å². The molecule has 0 amide bonds. The molecule has 2 aromatic rings. The molecule has 0 aliphatic carbocycles. The molecular formula is C13H17N3O2S. The molecule has 3 heterocycles. The summed E-state index contributed by atoms with van der Waals surface area (Å²) in [7, 11) is -2.85. The van der Waals surface area contributed by atoms with Gasteiger partial charge in [-0.1, -0.05) is 0 Å². The highest BCUT2D eigenvalue weighted by Gasteiger charge is 2.26. The van der Waals surface area contributed by atoms with Gasteiger partial charge in [-0.2, -0.15) is 0 Å². The van der Waals surface area contributed by atoms with Crippen LogP contribution in [-0.4, -0.2) is 34.5 Å². The molecule has 1 aliphatic rings. The first kappa shape index (κ1) is 12.6. The van der Waals surface area contributed by atoms with Gasteiger partial charge in [0.25, 0.3) is 0 Å². The number of nitrogens with zero attached hydrogens (tertiary/aromatic N) is 3. The van der Waals surface area contributed by atoms with Crippen molar-refractivity contribution in [3.8, 4) is 0 Å². The highest BCUT2D eigenvalue weighted by molar-refractivity contribution is 7.91. The van der Waals surface area contributed by atoms with Crippen molar-refractivity contribution in [3.63, 3.8) is 0 Å². The van der Waals surface area contributed by atoms with E-state index in [1.807, 2.05) is 29.7 Å². The molecule has 19 heavy (non-hydrogen) atoms. The van der Waals surface area contributed by atoms with Crippen molar-refractivity contribution >= 4 is 15.5 Å². The van der Waals surface area contributed by atoms with Crippen LogP contribution in [0, 0.1) is 12.8 Å². The Morgan fingerprint density at radius 1 is 1.42 bits per heavy atom. The quantitative estimate of drug-likeness (QED) is 0.833. The Labute approximate surface area is 112 Å². The number of rotatable bonds is 2. The van der Waals surface area contributed by atoms with E-state index in [0.29, 0.717) is 12.2 Å². The van der Waals surface area contributed by atoms with Crippen molar-refractivity contribution in [2.24, 2.45) is 5.92 Å². The van der Waals surface area contributed by atoms with Crippen molar-refractivity contribution < 1.29 is 8.42 Å². The van der Waals surface area contributed by atoms with Gasteiger partial charge in [0.05, 0.1) is 11.5 Å². The average Bonchev–Trinajstić information content (AvgIpc) is 2.70. The normalized spacial score (nSPS) is 22.7. The van der Waals surface area contributed by atoms with Crippen LogP contribution in [0.2, 0.25) is 0 Å². The van der Waals surface area contributed by atoms with Crippen LogP contribution in [0.15, 0.2) is 18.3 Å². The minimum atomic E-state index is -2.85. The van der Waals surface area contributed by atoms with Crippen LogP contribution in [0.25, 0.3) is 5.65 Å². The Balaban J connectivity index is 1.85. The van der Waals surface area contributed by atoms with Gasteiger partial charge < -0.3 is 0 Å². The van der Waals surface area contributed by atoms with Gasteiger partial charge in [-0.3, -0.25) is 4.40 Å². The van der Waals surface area contributed by atoms with E-state index in [-0.39, 0.29) is 11.7 Å². The van der Waals surface area contributed by atoms with Crippen LogP contribution in [0.4, 0.5) is 0 Å². The van der Waals surface area contributed by atoms with E-state index >= 15 is 0 Å². The number of hydrogen-bond acceptors (Lipinski definition) is 4. The average molecular weight is 279 g/mol. The fourth-order valence-corrected chi connectivity index (χ4v) is 4.49. The summed E-state index contributed by atoms with van der Waals surface area (Å²) in [5, 5.41) is 8.34. The molecule has 0 bridgehead atoms. The topological polar surface area (TPSA) is 64.3 Å². The van der Waals surface area contributed by atoms with Gasteiger partial charge >= 0.3 is 0 Å². The fraction of sp³-hybridized carbons (Fsp3) is 0.538. The Kier molecular flexibility index (Phi) is 3.05. The molecule has 0 aromatic carbocycles. The summed E-state index contributed by atoms with van der Waals surface area (Å²) < 4.78 is 25.3. The Hall–Kier alpha value is -1.43. The van der Waals surface area contributed by atoms with E-state index in [0.717, 1.165) is 29.9 Å². The minimum Gasteiger partial charge on any atom is -0.286 e. The second-order valence-electron chi connectivity index (χ2n) is 5.38. The lowest BCUT2D eigenvalue weighted by molar-refractivity contribution is 0.474. The van der Waals surface area contributed by atoms with E-state index in [4.69, 9.17) is 0 Å². The van der Waals surface area contributed by atoms with Gasteiger partial charge in [0.15, 0.2) is 15.5 Å². The third-order valence-electron chi connectivity index (χ3n) is 3.66. The van der Waals surface area contributed by atoms with Crippen LogP contribution in [0.3, 0.4) is 0 Å². The molecule has 1 atom stereocenters. The molecule has 0 saturated carbocycles. The first-order chi connectivity index (χ1) is 9.03. The maximum absolute atomic E-state index is 11.7. The third-order valence-corrected chi connectivity index (χ3v) is 5.55. The molecule has 0 N–H and O–H groups in total. The SMILES string of the molecule is Cc1ccn2c(CC3CCCS(=O)(=O)C3)nnc2c1. The summed E-state index contributed by atoms with van der Waals surface area (Å²) in [6.45, 7) is 2.02. The summed E-state index contributed by atoms with van der Waals surface area (Å²) in [6, 6.07) is 3.99. The molecule has 5 nitrogen and oxygen atoms in total. The van der Waals surface area contributed by atoms with Gasteiger partial charge in [0.1, 0.15) is 5.82 Å². The number of pyridine rings is 1. The summed E-state index contributed by atoms with van der Waals surface area (Å²) in [5.74, 6) is 1.65. The van der Waals surface area contributed by atoms with Gasteiger partial charge in [-0.15, -0.1) is 10.2 Å². The summed E-state index contributed by atoms with van der Waals surface area (Å²) in [4.78, 5) is 0. The van der Waals surface area contributed by atoms with Crippen LogP contribution in [0.1, 0.15) is 24.2 Å². The summed E-state index contributed by atoms with van der Waals surface area (Å²) in [6.07, 6.45) is 4.36. The van der Waals surface area contributed by atoms with E-state index in [9.17, 15) is 8.42 Å². The zero-order valence-corrected chi connectivity index (χ0v) is 11.7. The molecule has 1 aliphatic heterocycles. The lowest BCUT2D eigenvalue weighted by Crippen LogP contribution is -2.27. The number of aryl methyl sites for hydroxylation is 1. The highest BCUT2D eigenvalue weighted by atomic mass is 32.2. The lowest BCUT2D eigenvalue weighted by atomic mass is 10.0. The Morgan fingerprint density at radius 3 is 3.05 bits per heavy atom. The minimum absolute atomic E-state index is 0.174. The Morgan fingerprint density at radius 2 is 2.26 bits per heavy atom. The lowest BCUT2D eigenvalue weighted by Gasteiger charge is -2.20. The zero-order chi connectivity index (χ0) is 13.5. The fourth-order valence-electron chi connectivity index (χ4n) is 2.72. The van der Waals surface area contributed by atoms with Crippen molar-refractivity contribution in [2.75, 3.05) is 11.5 Å². The molecule has 1 saturated heterocycles. The summed E-state index contributed by atoms with van der Waals surface area (Å²) in [5.41, 5.74) is 1.97. The monoisotopic (exact) mass is 279 g/mol. The smallest absolute Gasteiger partial charge is 0.161 e. The van der Waals surface area contributed by atoms with Crippen molar-refractivity contribution in [2.45, 2.75) is 26.2 Å². The highest BCUT2D eigenvalue weighted by Crippen LogP contribution is 2.22. The van der Waals surface area contributed by atoms with Crippen LogP contribution < -0.4 is 0 Å². The van der Waals surface area contributed by atoms with E-state index in [2.05, 4.69) is 10.2 Å². The van der Waals surface area contributed by atoms with E-state index in [1.165, 1.54) is 0 Å². The van der Waals surface area contributed by atoms with E-state index in [1.54, 1.807) is 0 Å². The zero-order valence-electron chi connectivity index (χ0n) is 10.9. The predicted molar refractivity (Wildman–Crippen MR) is 72.8 cm³/mol. The largest absolute Gasteiger partial charge is 0.286 e. The van der Waals surface area contributed by atoms with Crippen LogP contribution in [-0.2, 0) is 16.3 Å². The molecular weight excluding hydrogens is 262 g/mol. The number of fused-ring (bicyclic) bond motifs is 1. The van der Waals surface area contributed by atoms with Crippen LogP contribution >= 0.6 is 0 Å². The predicted octanol–water partition coefficient (Wildman–Crippen LogP) is 1.41. The second kappa shape index (κ2) is 4.59. The second-order valence-corrected chi connectivity index (χ2v) is 7.60. The van der Waals surface area contributed by atoms with Crippen LogP contribution in [0.5, 0.6) is 0 Å². The van der Waals surface area contributed by atoms with Crippen molar-refractivity contribution in [1.82, 2.24) is 14.6 Å². The maximum Gasteiger partial charge on any atom is 0.161 e. The molecule has 102 valence electrons. The molecule has 2 aromatic heterocycles. The molecule has 1 unspecified atom stereocenters. The molecule has 0 radical (unpaired) electrons. The van der Waals surface area contributed by atoms with Gasteiger partial charge in [-0.05, 0) is 43.4 Å². The first-order valence-electron chi connectivity index (χ1n) is 6.54. The van der Waals surface area contributed by atoms with E-state index < -0.39 is 9.84 Å². The Bertz CT molecular complexity index is 706. The molecule has 0 spiro atoms. The first-order valence-corrected chi connectivity index (χ1v) is 8.36. The van der Waals surface area contributed by atoms with Gasteiger partial charge in [0.2, 0.25) is 0 Å². The molecule has 1 fully saturated rings. The standard InChI is InChI=1S/C13H17N3O2S/c1-10-4-5-16-12(7-10)14-15-13(16)8-11-3-2-6-19(17,18)9-11/h4-5,7,11H,2-3,6,8-9H2,1H3. The third kappa shape index (κ3) is 2.63. The molecule has 3 rings (SSSR count). The van der Waals surface area contributed by atoms with Gasteiger partial charge in [0, 0.05) is 12.6 Å². The van der Waals surface area contributed by atoms with Gasteiger partial charge in [-0.25, -0.2) is 8.42 Å². The maximum atomic E-state index is 11.7. The van der Waals surface area contributed by atoms with Crippen molar-refractivity contribution in [3.05, 3.63) is 29.7 Å². The number of hydrogen-bond donors (Lipinski definition) is 0. The number of aromatic nitrogens is 3.